The van der Waals surface area contributed by atoms with Crippen molar-refractivity contribution >= 4 is 5.97 Å². The Morgan fingerprint density at radius 1 is 1.35 bits per heavy atom. The van der Waals surface area contributed by atoms with Crippen LogP contribution in [-0.2, 0) is 21.4 Å². The molecule has 0 aromatic heterocycles. The topological polar surface area (TPSA) is 26.3 Å². The van der Waals surface area contributed by atoms with Crippen LogP contribution in [0.5, 0.6) is 0 Å². The molecule has 2 rings (SSSR count). The van der Waals surface area contributed by atoms with Gasteiger partial charge in [-0.3, -0.25) is 4.79 Å². The largest absolute Gasteiger partial charge is 0.469 e. The van der Waals surface area contributed by atoms with E-state index in [0.29, 0.717) is 5.92 Å². The number of esters is 1. The Bertz CT molecular complexity index is 497. The zero-order valence-electron chi connectivity index (χ0n) is 13.3. The van der Waals surface area contributed by atoms with Crippen LogP contribution >= 0.6 is 0 Å². The standard InChI is InChI=1S/C18H26O2/c1-12-6-9-15(18(2,3)4)10-13(12)7-8-14-11-16(14)17(19)20-5/h6,9-10,14,16H,7-8,11H2,1-5H3. The Labute approximate surface area is 122 Å². The van der Waals surface area contributed by atoms with Gasteiger partial charge in [0.2, 0.25) is 0 Å². The van der Waals surface area contributed by atoms with Gasteiger partial charge in [0.05, 0.1) is 13.0 Å². The Morgan fingerprint density at radius 3 is 2.65 bits per heavy atom. The van der Waals surface area contributed by atoms with Crippen LogP contribution in [0.1, 0.15) is 50.3 Å². The molecule has 0 bridgehead atoms. The third kappa shape index (κ3) is 3.41. The highest BCUT2D eigenvalue weighted by Gasteiger charge is 2.43. The summed E-state index contributed by atoms with van der Waals surface area (Å²) in [6.45, 7) is 8.91. The van der Waals surface area contributed by atoms with Crippen molar-refractivity contribution in [2.45, 2.75) is 52.4 Å². The molecule has 1 fully saturated rings. The molecule has 1 aromatic rings. The summed E-state index contributed by atoms with van der Waals surface area (Å²) in [5, 5.41) is 0. The van der Waals surface area contributed by atoms with E-state index in [2.05, 4.69) is 45.9 Å². The molecule has 20 heavy (non-hydrogen) atoms. The summed E-state index contributed by atoms with van der Waals surface area (Å²) in [6.07, 6.45) is 3.16. The minimum Gasteiger partial charge on any atom is -0.469 e. The summed E-state index contributed by atoms with van der Waals surface area (Å²) in [4.78, 5) is 11.4. The Morgan fingerprint density at radius 2 is 2.05 bits per heavy atom. The molecule has 1 aliphatic rings. The van der Waals surface area contributed by atoms with Gasteiger partial charge in [0.1, 0.15) is 0 Å². The van der Waals surface area contributed by atoms with Crippen molar-refractivity contribution in [3.63, 3.8) is 0 Å². The summed E-state index contributed by atoms with van der Waals surface area (Å²) in [7, 11) is 1.48. The number of benzene rings is 1. The van der Waals surface area contributed by atoms with Gasteiger partial charge < -0.3 is 4.74 Å². The normalized spacial score (nSPS) is 21.6. The average Bonchev–Trinajstić information content (AvgIpc) is 3.15. The number of ether oxygens (including phenoxy) is 1. The molecule has 1 saturated carbocycles. The third-order valence-corrected chi connectivity index (χ3v) is 4.43. The maximum atomic E-state index is 11.4. The van der Waals surface area contributed by atoms with Gasteiger partial charge in [-0.15, -0.1) is 0 Å². The van der Waals surface area contributed by atoms with E-state index in [1.54, 1.807) is 0 Å². The van der Waals surface area contributed by atoms with Gasteiger partial charge in [-0.25, -0.2) is 0 Å². The van der Waals surface area contributed by atoms with Crippen molar-refractivity contribution in [1.29, 1.82) is 0 Å². The first kappa shape index (κ1) is 15.1. The Kier molecular flexibility index (Phi) is 4.22. The summed E-state index contributed by atoms with van der Waals surface area (Å²) in [5.74, 6) is 0.654. The lowest BCUT2D eigenvalue weighted by Crippen LogP contribution is -2.12. The van der Waals surface area contributed by atoms with E-state index in [4.69, 9.17) is 4.74 Å². The maximum Gasteiger partial charge on any atom is 0.308 e. The van der Waals surface area contributed by atoms with Crippen LogP contribution in [0.4, 0.5) is 0 Å². The second kappa shape index (κ2) is 5.59. The number of rotatable bonds is 4. The predicted molar refractivity (Wildman–Crippen MR) is 81.8 cm³/mol. The molecule has 1 aromatic carbocycles. The van der Waals surface area contributed by atoms with Crippen LogP contribution < -0.4 is 0 Å². The van der Waals surface area contributed by atoms with Crippen molar-refractivity contribution in [3.05, 3.63) is 34.9 Å². The molecule has 1 aliphatic carbocycles. The van der Waals surface area contributed by atoms with Gasteiger partial charge in [-0.2, -0.15) is 0 Å². The summed E-state index contributed by atoms with van der Waals surface area (Å²) < 4.78 is 4.81. The third-order valence-electron chi connectivity index (χ3n) is 4.43. The monoisotopic (exact) mass is 274 g/mol. The molecular formula is C18H26O2. The van der Waals surface area contributed by atoms with Crippen molar-refractivity contribution < 1.29 is 9.53 Å². The highest BCUT2D eigenvalue weighted by Crippen LogP contribution is 2.43. The molecule has 2 atom stereocenters. The highest BCUT2D eigenvalue weighted by atomic mass is 16.5. The molecule has 2 unspecified atom stereocenters. The Hall–Kier alpha value is -1.31. The molecule has 0 amide bonds. The van der Waals surface area contributed by atoms with Crippen molar-refractivity contribution in [1.82, 2.24) is 0 Å². The maximum absolute atomic E-state index is 11.4. The average molecular weight is 274 g/mol. The lowest BCUT2D eigenvalue weighted by molar-refractivity contribution is -0.142. The van der Waals surface area contributed by atoms with E-state index in [1.807, 2.05) is 0 Å². The predicted octanol–water partition coefficient (Wildman–Crippen LogP) is 4.03. The van der Waals surface area contributed by atoms with Crippen molar-refractivity contribution in [3.8, 4) is 0 Å². The molecule has 0 N–H and O–H groups in total. The van der Waals surface area contributed by atoms with Gasteiger partial charge in [-0.05, 0) is 54.2 Å². The summed E-state index contributed by atoms with van der Waals surface area (Å²) in [5.41, 5.74) is 4.36. The Balaban J connectivity index is 1.98. The second-order valence-corrected chi connectivity index (χ2v) is 7.06. The SMILES string of the molecule is COC(=O)C1CC1CCc1cc(C(C)(C)C)ccc1C. The van der Waals surface area contributed by atoms with E-state index in [1.165, 1.54) is 23.8 Å². The van der Waals surface area contributed by atoms with Gasteiger partial charge in [0.15, 0.2) is 0 Å². The molecule has 0 heterocycles. The molecular weight excluding hydrogens is 248 g/mol. The minimum atomic E-state index is -0.0323. The van der Waals surface area contributed by atoms with Gasteiger partial charge in [0.25, 0.3) is 0 Å². The quantitative estimate of drug-likeness (QED) is 0.775. The molecule has 2 nitrogen and oxygen atoms in total. The molecule has 2 heteroatoms. The molecule has 110 valence electrons. The summed E-state index contributed by atoms with van der Waals surface area (Å²) >= 11 is 0. The van der Waals surface area contributed by atoms with E-state index in [0.717, 1.165) is 19.3 Å². The van der Waals surface area contributed by atoms with Crippen molar-refractivity contribution in [2.75, 3.05) is 7.11 Å². The van der Waals surface area contributed by atoms with Crippen LogP contribution in [0.2, 0.25) is 0 Å². The van der Waals surface area contributed by atoms with Crippen LogP contribution in [0.15, 0.2) is 18.2 Å². The highest BCUT2D eigenvalue weighted by molar-refractivity contribution is 5.75. The van der Waals surface area contributed by atoms with Gasteiger partial charge >= 0.3 is 5.97 Å². The first-order chi connectivity index (χ1) is 9.32. The molecule has 0 spiro atoms. The fourth-order valence-electron chi connectivity index (χ4n) is 2.75. The summed E-state index contributed by atoms with van der Waals surface area (Å²) in [6, 6.07) is 6.79. The number of methoxy groups -OCH3 is 1. The lowest BCUT2D eigenvalue weighted by Gasteiger charge is -2.21. The van der Waals surface area contributed by atoms with E-state index in [9.17, 15) is 4.79 Å². The van der Waals surface area contributed by atoms with Crippen LogP contribution in [-0.4, -0.2) is 13.1 Å². The van der Waals surface area contributed by atoms with Gasteiger partial charge in [0, 0.05) is 0 Å². The minimum absolute atomic E-state index is 0.0323. The fraction of sp³-hybridized carbons (Fsp3) is 0.611. The second-order valence-electron chi connectivity index (χ2n) is 7.06. The number of carbonyl (C=O) groups excluding carboxylic acids is 1. The molecule has 0 saturated heterocycles. The van der Waals surface area contributed by atoms with E-state index < -0.39 is 0 Å². The van der Waals surface area contributed by atoms with Crippen LogP contribution in [0.25, 0.3) is 0 Å². The smallest absolute Gasteiger partial charge is 0.308 e. The first-order valence-electron chi connectivity index (χ1n) is 7.50. The van der Waals surface area contributed by atoms with Crippen molar-refractivity contribution in [2.24, 2.45) is 11.8 Å². The number of hydrogen-bond donors (Lipinski definition) is 0. The van der Waals surface area contributed by atoms with Crippen LogP contribution in [0.3, 0.4) is 0 Å². The fourth-order valence-corrected chi connectivity index (χ4v) is 2.75. The number of carbonyl (C=O) groups is 1. The zero-order valence-corrected chi connectivity index (χ0v) is 13.3. The molecule has 0 aliphatic heterocycles. The van der Waals surface area contributed by atoms with E-state index >= 15 is 0 Å². The van der Waals surface area contributed by atoms with Crippen LogP contribution in [0, 0.1) is 18.8 Å². The van der Waals surface area contributed by atoms with Gasteiger partial charge in [-0.1, -0.05) is 39.0 Å². The number of aryl methyl sites for hydroxylation is 2. The zero-order chi connectivity index (χ0) is 14.9. The number of hydrogen-bond acceptors (Lipinski definition) is 2. The lowest BCUT2D eigenvalue weighted by atomic mass is 9.84. The van der Waals surface area contributed by atoms with E-state index in [-0.39, 0.29) is 17.3 Å². The first-order valence-corrected chi connectivity index (χ1v) is 7.50. The molecule has 0 radical (unpaired) electrons.